The van der Waals surface area contributed by atoms with Crippen molar-refractivity contribution < 1.29 is 18.0 Å². The third kappa shape index (κ3) is 2.39. The minimum atomic E-state index is -3.30. The van der Waals surface area contributed by atoms with Crippen LogP contribution in [0.2, 0.25) is 0 Å². The molecule has 22 heavy (non-hydrogen) atoms. The summed E-state index contributed by atoms with van der Waals surface area (Å²) in [5.41, 5.74) is 0.421. The van der Waals surface area contributed by atoms with Gasteiger partial charge in [0.1, 0.15) is 6.04 Å². The molecule has 118 valence electrons. The van der Waals surface area contributed by atoms with Crippen molar-refractivity contribution in [3.63, 3.8) is 0 Å². The van der Waals surface area contributed by atoms with E-state index in [9.17, 15) is 18.0 Å². The van der Waals surface area contributed by atoms with Gasteiger partial charge in [-0.05, 0) is 43.0 Å². The quantitative estimate of drug-likeness (QED) is 0.776. The number of carbonyl (C=O) groups excluding carboxylic acids is 2. The molecule has 7 heteroatoms. The number of sulfone groups is 1. The summed E-state index contributed by atoms with van der Waals surface area (Å²) in [5, 5.41) is 0. The lowest BCUT2D eigenvalue weighted by molar-refractivity contribution is -0.120. The summed E-state index contributed by atoms with van der Waals surface area (Å²) in [4.78, 5) is 27.9. The van der Waals surface area contributed by atoms with E-state index in [1.165, 1.54) is 24.3 Å². The number of rotatable bonds is 2. The first-order chi connectivity index (χ1) is 10.3. The van der Waals surface area contributed by atoms with Crippen LogP contribution in [0.4, 0.5) is 10.5 Å². The first-order valence-electron chi connectivity index (χ1n) is 7.23. The minimum absolute atomic E-state index is 0.168. The molecule has 0 spiro atoms. The topological polar surface area (TPSA) is 74.8 Å². The zero-order valence-electron chi connectivity index (χ0n) is 12.5. The number of urea groups is 1. The second-order valence-electron chi connectivity index (χ2n) is 6.06. The van der Waals surface area contributed by atoms with Crippen LogP contribution in [-0.2, 0) is 14.6 Å². The molecule has 0 N–H and O–H groups in total. The van der Waals surface area contributed by atoms with E-state index in [2.05, 4.69) is 6.92 Å². The van der Waals surface area contributed by atoms with Crippen LogP contribution >= 0.6 is 0 Å². The van der Waals surface area contributed by atoms with Crippen LogP contribution in [0.1, 0.15) is 19.8 Å². The number of amides is 3. The molecule has 3 rings (SSSR count). The maximum absolute atomic E-state index is 12.5. The van der Waals surface area contributed by atoms with Crippen LogP contribution in [0.25, 0.3) is 0 Å². The molecule has 2 aliphatic rings. The highest BCUT2D eigenvalue weighted by Gasteiger charge is 2.47. The van der Waals surface area contributed by atoms with Crippen molar-refractivity contribution in [3.8, 4) is 0 Å². The Balaban J connectivity index is 1.92. The predicted octanol–water partition coefficient (Wildman–Crippen LogP) is 1.66. The van der Waals surface area contributed by atoms with Crippen LogP contribution in [0.5, 0.6) is 0 Å². The molecule has 6 nitrogen and oxygen atoms in total. The number of fused-ring (bicyclic) bond motifs is 1. The lowest BCUT2D eigenvalue weighted by atomic mass is 9.93. The summed E-state index contributed by atoms with van der Waals surface area (Å²) in [7, 11) is -3.30. The number of carbonyl (C=O) groups is 2. The molecule has 0 bridgehead atoms. The number of hydrogen-bond acceptors (Lipinski definition) is 4. The van der Waals surface area contributed by atoms with Gasteiger partial charge in [0, 0.05) is 12.8 Å². The SMILES string of the molecule is CC1CCN2C(=O)N(c3ccc(S(C)(=O)=O)cc3)C(=O)C2C1. The first-order valence-corrected chi connectivity index (χ1v) is 9.13. The number of piperidine rings is 1. The van der Waals surface area contributed by atoms with E-state index in [-0.39, 0.29) is 22.9 Å². The van der Waals surface area contributed by atoms with Gasteiger partial charge in [-0.25, -0.2) is 18.1 Å². The van der Waals surface area contributed by atoms with E-state index in [0.717, 1.165) is 17.6 Å². The van der Waals surface area contributed by atoms with Gasteiger partial charge >= 0.3 is 6.03 Å². The maximum Gasteiger partial charge on any atom is 0.332 e. The highest BCUT2D eigenvalue weighted by Crippen LogP contribution is 2.33. The summed E-state index contributed by atoms with van der Waals surface area (Å²) in [5.74, 6) is 0.203. The molecule has 0 aromatic heterocycles. The van der Waals surface area contributed by atoms with Crippen molar-refractivity contribution in [2.75, 3.05) is 17.7 Å². The third-order valence-corrected chi connectivity index (χ3v) is 5.46. The molecular formula is C15H18N2O4S. The fourth-order valence-electron chi connectivity index (χ4n) is 3.06. The van der Waals surface area contributed by atoms with Crippen molar-refractivity contribution in [2.45, 2.75) is 30.7 Å². The molecule has 0 saturated carbocycles. The van der Waals surface area contributed by atoms with Crippen LogP contribution < -0.4 is 4.90 Å². The zero-order chi connectivity index (χ0) is 16.1. The monoisotopic (exact) mass is 322 g/mol. The van der Waals surface area contributed by atoms with E-state index >= 15 is 0 Å². The van der Waals surface area contributed by atoms with Crippen molar-refractivity contribution in [1.29, 1.82) is 0 Å². The van der Waals surface area contributed by atoms with Gasteiger partial charge in [0.25, 0.3) is 5.91 Å². The molecular weight excluding hydrogens is 304 g/mol. The average Bonchev–Trinajstić information content (AvgIpc) is 2.70. The Morgan fingerprint density at radius 2 is 1.77 bits per heavy atom. The fourth-order valence-corrected chi connectivity index (χ4v) is 3.69. The molecule has 0 aliphatic carbocycles. The van der Waals surface area contributed by atoms with Crippen LogP contribution in [0, 0.1) is 5.92 Å². The summed E-state index contributed by atoms with van der Waals surface area (Å²) in [6.45, 7) is 2.67. The number of imide groups is 1. The molecule has 0 radical (unpaired) electrons. The van der Waals surface area contributed by atoms with Gasteiger partial charge in [-0.2, -0.15) is 0 Å². The van der Waals surface area contributed by atoms with Crippen molar-refractivity contribution in [3.05, 3.63) is 24.3 Å². The van der Waals surface area contributed by atoms with E-state index in [4.69, 9.17) is 0 Å². The smallest absolute Gasteiger partial charge is 0.312 e. The lowest BCUT2D eigenvalue weighted by Gasteiger charge is -2.30. The van der Waals surface area contributed by atoms with E-state index < -0.39 is 9.84 Å². The highest BCUT2D eigenvalue weighted by molar-refractivity contribution is 7.90. The molecule has 1 aromatic carbocycles. The average molecular weight is 322 g/mol. The fraction of sp³-hybridized carbons (Fsp3) is 0.467. The summed E-state index contributed by atoms with van der Waals surface area (Å²) in [6, 6.07) is 5.16. The number of nitrogens with zero attached hydrogens (tertiary/aromatic N) is 2. The molecule has 2 fully saturated rings. The number of hydrogen-bond donors (Lipinski definition) is 0. The molecule has 3 amide bonds. The predicted molar refractivity (Wildman–Crippen MR) is 81.3 cm³/mol. The Kier molecular flexibility index (Phi) is 3.47. The van der Waals surface area contributed by atoms with Gasteiger partial charge in [0.2, 0.25) is 0 Å². The molecule has 2 aliphatic heterocycles. The van der Waals surface area contributed by atoms with Crippen LogP contribution in [-0.4, -0.2) is 44.1 Å². The van der Waals surface area contributed by atoms with Gasteiger partial charge in [-0.1, -0.05) is 6.92 Å². The summed E-state index contributed by atoms with van der Waals surface area (Å²) in [6.07, 6.45) is 2.70. The van der Waals surface area contributed by atoms with Crippen molar-refractivity contribution >= 4 is 27.5 Å². The summed E-state index contributed by atoms with van der Waals surface area (Å²) >= 11 is 0. The van der Waals surface area contributed by atoms with E-state index in [0.29, 0.717) is 24.6 Å². The normalized spacial score (nSPS) is 25.5. The maximum atomic E-state index is 12.5. The van der Waals surface area contributed by atoms with E-state index in [1.807, 2.05) is 0 Å². The van der Waals surface area contributed by atoms with Crippen molar-refractivity contribution in [1.82, 2.24) is 4.90 Å². The Hall–Kier alpha value is -1.89. The van der Waals surface area contributed by atoms with Crippen LogP contribution in [0.3, 0.4) is 0 Å². The summed E-state index contributed by atoms with van der Waals surface area (Å²) < 4.78 is 23.0. The minimum Gasteiger partial charge on any atom is -0.312 e. The number of benzene rings is 1. The van der Waals surface area contributed by atoms with Gasteiger partial charge < -0.3 is 4.90 Å². The third-order valence-electron chi connectivity index (χ3n) is 4.33. The Morgan fingerprint density at radius 3 is 2.36 bits per heavy atom. The lowest BCUT2D eigenvalue weighted by Crippen LogP contribution is -2.41. The zero-order valence-corrected chi connectivity index (χ0v) is 13.3. The van der Waals surface area contributed by atoms with Crippen molar-refractivity contribution in [2.24, 2.45) is 5.92 Å². The molecule has 2 saturated heterocycles. The number of anilines is 1. The Morgan fingerprint density at radius 1 is 1.14 bits per heavy atom. The molecule has 2 atom stereocenters. The van der Waals surface area contributed by atoms with Crippen LogP contribution in [0.15, 0.2) is 29.2 Å². The van der Waals surface area contributed by atoms with Gasteiger partial charge in [-0.3, -0.25) is 4.79 Å². The van der Waals surface area contributed by atoms with E-state index in [1.54, 1.807) is 4.90 Å². The molecule has 2 heterocycles. The highest BCUT2D eigenvalue weighted by atomic mass is 32.2. The van der Waals surface area contributed by atoms with Gasteiger partial charge in [0.15, 0.2) is 9.84 Å². The Labute approximate surface area is 129 Å². The van der Waals surface area contributed by atoms with Gasteiger partial charge in [-0.15, -0.1) is 0 Å². The second-order valence-corrected chi connectivity index (χ2v) is 8.08. The largest absolute Gasteiger partial charge is 0.332 e. The standard InChI is InChI=1S/C15H18N2O4S/c1-10-7-8-16-13(9-10)14(18)17(15(16)19)11-3-5-12(6-4-11)22(2,20)21/h3-6,10,13H,7-9H2,1-2H3. The molecule has 2 unspecified atom stereocenters. The molecule has 1 aromatic rings. The Bertz CT molecular complexity index is 726. The second kappa shape index (κ2) is 5.08. The van der Waals surface area contributed by atoms with Gasteiger partial charge in [0.05, 0.1) is 10.6 Å². The first kappa shape index (κ1) is 15.0.